The third kappa shape index (κ3) is 3.14. The van der Waals surface area contributed by atoms with Crippen LogP contribution in [0.5, 0.6) is 0 Å². The van der Waals surface area contributed by atoms with Crippen LogP contribution in [0, 0.1) is 10.1 Å². The molecule has 0 aromatic carbocycles. The molecule has 0 saturated carbocycles. The van der Waals surface area contributed by atoms with E-state index >= 15 is 0 Å². The van der Waals surface area contributed by atoms with Crippen molar-refractivity contribution in [2.45, 2.75) is 18.9 Å². The summed E-state index contributed by atoms with van der Waals surface area (Å²) in [7, 11) is 1.35. The fraction of sp³-hybridized carbons (Fsp3) is 0.500. The topological polar surface area (TPSA) is 97.6 Å². The highest BCUT2D eigenvalue weighted by Crippen LogP contribution is 2.23. The van der Waals surface area contributed by atoms with Gasteiger partial charge in [-0.1, -0.05) is 0 Å². The molecule has 1 N–H and O–H groups in total. The summed E-state index contributed by atoms with van der Waals surface area (Å²) in [6.45, 7) is 1.12. The predicted molar refractivity (Wildman–Crippen MR) is 71.5 cm³/mol. The Morgan fingerprint density at radius 1 is 1.55 bits per heavy atom. The van der Waals surface area contributed by atoms with E-state index in [-0.39, 0.29) is 23.6 Å². The zero-order chi connectivity index (χ0) is 14.5. The first-order valence-corrected chi connectivity index (χ1v) is 6.30. The molecule has 1 amide bonds. The first-order chi connectivity index (χ1) is 9.61. The lowest BCUT2D eigenvalue weighted by molar-refractivity contribution is -0.384. The van der Waals surface area contributed by atoms with Gasteiger partial charge in [-0.25, -0.2) is 9.78 Å². The lowest BCUT2D eigenvalue weighted by atomic mass is 10.1. The molecule has 0 spiro atoms. The molecule has 2 rings (SSSR count). The van der Waals surface area contributed by atoms with Crippen LogP contribution in [-0.4, -0.2) is 47.1 Å². The molecular formula is C12H16N4O4. The highest BCUT2D eigenvalue weighted by molar-refractivity contribution is 5.67. The normalized spacial score (nSPS) is 15.8. The van der Waals surface area contributed by atoms with Crippen molar-refractivity contribution in [3.8, 4) is 0 Å². The van der Waals surface area contributed by atoms with E-state index in [1.54, 1.807) is 4.90 Å². The number of carbonyl (C=O) groups is 1. The third-order valence-corrected chi connectivity index (χ3v) is 3.25. The second-order valence-corrected chi connectivity index (χ2v) is 4.50. The molecule has 0 bridgehead atoms. The number of rotatable bonds is 3. The standard InChI is InChI=1S/C12H16N4O4/c1-20-12(17)15-7-4-9(5-8-15)14-11-10(16(18)19)3-2-6-13-11/h2-3,6,9H,4-5,7-8H2,1H3,(H,13,14). The number of pyridine rings is 1. The zero-order valence-electron chi connectivity index (χ0n) is 11.1. The summed E-state index contributed by atoms with van der Waals surface area (Å²) in [6.07, 6.45) is 2.57. The lowest BCUT2D eigenvalue weighted by Crippen LogP contribution is -2.42. The van der Waals surface area contributed by atoms with Gasteiger partial charge in [-0.2, -0.15) is 0 Å². The van der Waals surface area contributed by atoms with Gasteiger partial charge in [0.25, 0.3) is 0 Å². The fourth-order valence-corrected chi connectivity index (χ4v) is 2.18. The quantitative estimate of drug-likeness (QED) is 0.667. The van der Waals surface area contributed by atoms with Gasteiger partial charge in [-0.05, 0) is 18.9 Å². The molecule has 1 aliphatic rings. The molecule has 1 aliphatic heterocycles. The summed E-state index contributed by atoms with van der Waals surface area (Å²) >= 11 is 0. The van der Waals surface area contributed by atoms with Crippen LogP contribution in [0.15, 0.2) is 18.3 Å². The summed E-state index contributed by atoms with van der Waals surface area (Å²) in [5, 5.41) is 14.0. The van der Waals surface area contributed by atoms with Gasteiger partial charge >= 0.3 is 11.8 Å². The van der Waals surface area contributed by atoms with Crippen LogP contribution < -0.4 is 5.32 Å². The van der Waals surface area contributed by atoms with Crippen molar-refractivity contribution in [2.75, 3.05) is 25.5 Å². The van der Waals surface area contributed by atoms with Crippen LogP contribution in [0.4, 0.5) is 16.3 Å². The predicted octanol–water partition coefficient (Wildman–Crippen LogP) is 1.63. The van der Waals surface area contributed by atoms with Gasteiger partial charge < -0.3 is 15.0 Å². The van der Waals surface area contributed by atoms with E-state index in [0.717, 1.165) is 0 Å². The molecule has 1 saturated heterocycles. The van der Waals surface area contributed by atoms with Crippen molar-refractivity contribution in [1.29, 1.82) is 0 Å². The largest absolute Gasteiger partial charge is 0.453 e. The number of amides is 1. The van der Waals surface area contributed by atoms with E-state index in [1.165, 1.54) is 25.4 Å². The molecule has 108 valence electrons. The van der Waals surface area contributed by atoms with E-state index < -0.39 is 4.92 Å². The first kappa shape index (κ1) is 14.0. The van der Waals surface area contributed by atoms with Crippen molar-refractivity contribution >= 4 is 17.6 Å². The molecule has 1 aromatic rings. The van der Waals surface area contributed by atoms with Crippen molar-refractivity contribution < 1.29 is 14.5 Å². The summed E-state index contributed by atoms with van der Waals surface area (Å²) in [5.41, 5.74) is -0.0390. The van der Waals surface area contributed by atoms with Gasteiger partial charge in [0.1, 0.15) is 0 Å². The van der Waals surface area contributed by atoms with E-state index in [2.05, 4.69) is 15.0 Å². The number of hydrogen-bond donors (Lipinski definition) is 1. The molecule has 0 radical (unpaired) electrons. The van der Waals surface area contributed by atoms with Crippen molar-refractivity contribution in [3.63, 3.8) is 0 Å². The Balaban J connectivity index is 1.96. The van der Waals surface area contributed by atoms with Gasteiger partial charge in [0.05, 0.1) is 12.0 Å². The maximum absolute atomic E-state index is 11.4. The number of likely N-dealkylation sites (tertiary alicyclic amines) is 1. The molecule has 8 heteroatoms. The average Bonchev–Trinajstić information content (AvgIpc) is 2.47. The minimum atomic E-state index is -0.459. The number of methoxy groups -OCH3 is 1. The molecule has 20 heavy (non-hydrogen) atoms. The van der Waals surface area contributed by atoms with Gasteiger partial charge in [0.2, 0.25) is 5.82 Å². The molecular weight excluding hydrogens is 264 g/mol. The molecule has 2 heterocycles. The number of aromatic nitrogens is 1. The average molecular weight is 280 g/mol. The number of nitro groups is 1. The van der Waals surface area contributed by atoms with Gasteiger partial charge in [0.15, 0.2) is 0 Å². The van der Waals surface area contributed by atoms with Crippen LogP contribution >= 0.6 is 0 Å². The number of hydrogen-bond acceptors (Lipinski definition) is 6. The smallest absolute Gasteiger partial charge is 0.409 e. The van der Waals surface area contributed by atoms with Crippen molar-refractivity contribution in [3.05, 3.63) is 28.4 Å². The van der Waals surface area contributed by atoms with Crippen LogP contribution in [0.2, 0.25) is 0 Å². The van der Waals surface area contributed by atoms with Gasteiger partial charge in [0, 0.05) is 31.4 Å². The summed E-state index contributed by atoms with van der Waals surface area (Å²) in [5.74, 6) is 0.272. The van der Waals surface area contributed by atoms with Gasteiger partial charge in [-0.3, -0.25) is 10.1 Å². The Morgan fingerprint density at radius 3 is 2.85 bits per heavy atom. The summed E-state index contributed by atoms with van der Waals surface area (Å²) in [4.78, 5) is 27.4. The second kappa shape index (κ2) is 6.18. The van der Waals surface area contributed by atoms with Crippen LogP contribution in [-0.2, 0) is 4.74 Å². The lowest BCUT2D eigenvalue weighted by Gasteiger charge is -2.31. The van der Waals surface area contributed by atoms with E-state index in [0.29, 0.717) is 25.9 Å². The molecule has 0 aliphatic carbocycles. The fourth-order valence-electron chi connectivity index (χ4n) is 2.18. The van der Waals surface area contributed by atoms with Gasteiger partial charge in [-0.15, -0.1) is 0 Å². The monoisotopic (exact) mass is 280 g/mol. The molecule has 1 aromatic heterocycles. The second-order valence-electron chi connectivity index (χ2n) is 4.50. The number of anilines is 1. The number of nitrogens with zero attached hydrogens (tertiary/aromatic N) is 3. The van der Waals surface area contributed by atoms with E-state index in [1.807, 2.05) is 0 Å². The Morgan fingerprint density at radius 2 is 2.25 bits per heavy atom. The zero-order valence-corrected chi connectivity index (χ0v) is 11.1. The van der Waals surface area contributed by atoms with Crippen molar-refractivity contribution in [1.82, 2.24) is 9.88 Å². The molecule has 8 nitrogen and oxygen atoms in total. The number of ether oxygens (including phenoxy) is 1. The summed E-state index contributed by atoms with van der Waals surface area (Å²) in [6, 6.07) is 3.01. The number of carbonyl (C=O) groups excluding carboxylic acids is 1. The van der Waals surface area contributed by atoms with E-state index in [4.69, 9.17) is 0 Å². The molecule has 0 unspecified atom stereocenters. The Hall–Kier alpha value is -2.38. The molecule has 0 atom stereocenters. The Kier molecular flexibility index (Phi) is 4.34. The first-order valence-electron chi connectivity index (χ1n) is 6.30. The summed E-state index contributed by atoms with van der Waals surface area (Å²) < 4.78 is 4.66. The SMILES string of the molecule is COC(=O)N1CCC(Nc2ncccc2[N+](=O)[O-])CC1. The van der Waals surface area contributed by atoms with Crippen LogP contribution in [0.1, 0.15) is 12.8 Å². The van der Waals surface area contributed by atoms with E-state index in [9.17, 15) is 14.9 Å². The minimum Gasteiger partial charge on any atom is -0.453 e. The number of piperidine rings is 1. The van der Waals surface area contributed by atoms with Crippen LogP contribution in [0.25, 0.3) is 0 Å². The maximum atomic E-state index is 11.4. The third-order valence-electron chi connectivity index (χ3n) is 3.25. The Labute approximate surface area is 115 Å². The molecule has 1 fully saturated rings. The number of nitrogens with one attached hydrogen (secondary N) is 1. The Bertz CT molecular complexity index is 500. The highest BCUT2D eigenvalue weighted by atomic mass is 16.6. The van der Waals surface area contributed by atoms with Crippen molar-refractivity contribution in [2.24, 2.45) is 0 Å². The van der Waals surface area contributed by atoms with Crippen LogP contribution in [0.3, 0.4) is 0 Å². The minimum absolute atomic E-state index is 0.0390. The maximum Gasteiger partial charge on any atom is 0.409 e. The highest BCUT2D eigenvalue weighted by Gasteiger charge is 2.25.